The van der Waals surface area contributed by atoms with Crippen LogP contribution in [0.5, 0.6) is 0 Å². The second-order valence-corrected chi connectivity index (χ2v) is 4.81. The van der Waals surface area contributed by atoms with E-state index in [1.807, 2.05) is 24.3 Å². The number of hydrogen-bond acceptors (Lipinski definition) is 4. The summed E-state index contributed by atoms with van der Waals surface area (Å²) >= 11 is 0. The van der Waals surface area contributed by atoms with E-state index >= 15 is 0 Å². The standard InChI is InChI=1S/C15H25N3O2/c1-18(7-10-20-9-4-8-19-2)12-13-5-3-6-14(11-13)15(16)17/h3,5-6,11H,4,7-10,12H2,1-2H3,(H3,16,17). The lowest BCUT2D eigenvalue weighted by Crippen LogP contribution is -2.23. The molecule has 20 heavy (non-hydrogen) atoms. The quantitative estimate of drug-likeness (QED) is 0.386. The summed E-state index contributed by atoms with van der Waals surface area (Å²) in [5.74, 6) is 0.107. The van der Waals surface area contributed by atoms with Crippen LogP contribution in [0.25, 0.3) is 0 Å². The number of rotatable bonds is 10. The Labute approximate surface area is 121 Å². The molecular formula is C15H25N3O2. The molecule has 0 aliphatic carbocycles. The average molecular weight is 279 g/mol. The van der Waals surface area contributed by atoms with Crippen molar-refractivity contribution in [1.29, 1.82) is 5.41 Å². The smallest absolute Gasteiger partial charge is 0.122 e. The van der Waals surface area contributed by atoms with Gasteiger partial charge in [0, 0.05) is 39.0 Å². The Hall–Kier alpha value is -1.43. The van der Waals surface area contributed by atoms with Crippen molar-refractivity contribution < 1.29 is 9.47 Å². The van der Waals surface area contributed by atoms with Gasteiger partial charge in [0.15, 0.2) is 0 Å². The zero-order chi connectivity index (χ0) is 14.8. The SMILES string of the molecule is COCCCOCCN(C)Cc1cccc(C(=N)N)c1. The second kappa shape index (κ2) is 9.47. The molecule has 3 N–H and O–H groups in total. The third-order valence-corrected chi connectivity index (χ3v) is 2.94. The molecule has 0 fully saturated rings. The minimum Gasteiger partial charge on any atom is -0.385 e. The molecule has 0 spiro atoms. The van der Waals surface area contributed by atoms with Crippen molar-refractivity contribution in [1.82, 2.24) is 4.90 Å². The van der Waals surface area contributed by atoms with E-state index in [4.69, 9.17) is 20.6 Å². The molecule has 0 saturated carbocycles. The summed E-state index contributed by atoms with van der Waals surface area (Å²) in [5.41, 5.74) is 7.41. The Bertz CT molecular complexity index is 410. The van der Waals surface area contributed by atoms with Crippen molar-refractivity contribution >= 4 is 5.84 Å². The first-order chi connectivity index (χ1) is 9.63. The molecule has 0 radical (unpaired) electrons. The molecule has 0 unspecified atom stereocenters. The molecule has 5 nitrogen and oxygen atoms in total. The topological polar surface area (TPSA) is 71.6 Å². The summed E-state index contributed by atoms with van der Waals surface area (Å²) in [6.45, 7) is 3.89. The van der Waals surface area contributed by atoms with Crippen molar-refractivity contribution in [2.24, 2.45) is 5.73 Å². The molecule has 5 heteroatoms. The van der Waals surface area contributed by atoms with Gasteiger partial charge in [0.1, 0.15) is 5.84 Å². The largest absolute Gasteiger partial charge is 0.385 e. The summed E-state index contributed by atoms with van der Waals surface area (Å²) in [6, 6.07) is 7.78. The van der Waals surface area contributed by atoms with E-state index in [1.165, 1.54) is 0 Å². The van der Waals surface area contributed by atoms with Crippen molar-refractivity contribution in [2.75, 3.05) is 40.5 Å². The Morgan fingerprint density at radius 1 is 1.30 bits per heavy atom. The van der Waals surface area contributed by atoms with Gasteiger partial charge in [-0.2, -0.15) is 0 Å². The molecule has 1 aromatic rings. The molecular weight excluding hydrogens is 254 g/mol. The van der Waals surface area contributed by atoms with E-state index in [9.17, 15) is 0 Å². The highest BCUT2D eigenvalue weighted by Gasteiger charge is 2.03. The normalized spacial score (nSPS) is 10.9. The van der Waals surface area contributed by atoms with Gasteiger partial charge in [-0.1, -0.05) is 18.2 Å². The van der Waals surface area contributed by atoms with Crippen LogP contribution in [0.1, 0.15) is 17.5 Å². The van der Waals surface area contributed by atoms with Crippen molar-refractivity contribution in [2.45, 2.75) is 13.0 Å². The Balaban J connectivity index is 2.26. The van der Waals surface area contributed by atoms with E-state index in [2.05, 4.69) is 11.9 Å². The summed E-state index contributed by atoms with van der Waals surface area (Å²) in [7, 11) is 3.75. The lowest BCUT2D eigenvalue weighted by atomic mass is 10.1. The van der Waals surface area contributed by atoms with Gasteiger partial charge in [-0.25, -0.2) is 0 Å². The molecule has 0 aromatic heterocycles. The molecule has 0 amide bonds. The number of amidine groups is 1. The molecule has 0 saturated heterocycles. The zero-order valence-corrected chi connectivity index (χ0v) is 12.4. The van der Waals surface area contributed by atoms with Crippen LogP contribution in [0, 0.1) is 5.41 Å². The van der Waals surface area contributed by atoms with Gasteiger partial charge < -0.3 is 15.2 Å². The highest BCUT2D eigenvalue weighted by molar-refractivity contribution is 5.95. The minimum absolute atomic E-state index is 0.107. The van der Waals surface area contributed by atoms with Gasteiger partial charge in [0.05, 0.1) is 6.61 Å². The van der Waals surface area contributed by atoms with Crippen LogP contribution in [-0.4, -0.2) is 51.3 Å². The number of benzene rings is 1. The minimum atomic E-state index is 0.107. The van der Waals surface area contributed by atoms with Crippen LogP contribution in [-0.2, 0) is 16.0 Å². The number of methoxy groups -OCH3 is 1. The molecule has 1 rings (SSSR count). The van der Waals surface area contributed by atoms with Gasteiger partial charge in [-0.15, -0.1) is 0 Å². The van der Waals surface area contributed by atoms with Crippen LogP contribution in [0.15, 0.2) is 24.3 Å². The molecule has 0 aliphatic heterocycles. The van der Waals surface area contributed by atoms with Gasteiger partial charge in [-0.05, 0) is 25.1 Å². The highest BCUT2D eigenvalue weighted by atomic mass is 16.5. The summed E-state index contributed by atoms with van der Waals surface area (Å²) in [4.78, 5) is 2.19. The fourth-order valence-corrected chi connectivity index (χ4v) is 1.86. The maximum atomic E-state index is 7.44. The molecule has 112 valence electrons. The predicted octanol–water partition coefficient (Wildman–Crippen LogP) is 1.46. The van der Waals surface area contributed by atoms with Crippen molar-refractivity contribution in [3.63, 3.8) is 0 Å². The van der Waals surface area contributed by atoms with Crippen LogP contribution < -0.4 is 5.73 Å². The first-order valence-electron chi connectivity index (χ1n) is 6.82. The molecule has 0 heterocycles. The molecule has 0 atom stereocenters. The Morgan fingerprint density at radius 3 is 2.80 bits per heavy atom. The van der Waals surface area contributed by atoms with Crippen LogP contribution in [0.4, 0.5) is 0 Å². The third kappa shape index (κ3) is 6.65. The van der Waals surface area contributed by atoms with Gasteiger partial charge in [0.2, 0.25) is 0 Å². The van der Waals surface area contributed by atoms with Crippen LogP contribution >= 0.6 is 0 Å². The van der Waals surface area contributed by atoms with E-state index in [-0.39, 0.29) is 5.84 Å². The Morgan fingerprint density at radius 2 is 2.10 bits per heavy atom. The first kappa shape index (κ1) is 16.6. The first-order valence-corrected chi connectivity index (χ1v) is 6.82. The molecule has 0 aliphatic rings. The van der Waals surface area contributed by atoms with E-state index in [0.29, 0.717) is 6.61 Å². The van der Waals surface area contributed by atoms with Crippen molar-refractivity contribution in [3.05, 3.63) is 35.4 Å². The Kier molecular flexibility index (Phi) is 7.87. The summed E-state index contributed by atoms with van der Waals surface area (Å²) in [5, 5.41) is 7.44. The molecule has 0 bridgehead atoms. The number of ether oxygens (including phenoxy) is 2. The number of nitrogens with two attached hydrogens (primary N) is 1. The summed E-state index contributed by atoms with van der Waals surface area (Å²) in [6.07, 6.45) is 0.931. The van der Waals surface area contributed by atoms with E-state index in [1.54, 1.807) is 7.11 Å². The van der Waals surface area contributed by atoms with E-state index < -0.39 is 0 Å². The third-order valence-electron chi connectivity index (χ3n) is 2.94. The number of likely N-dealkylation sites (N-methyl/N-ethyl adjacent to an activating group) is 1. The maximum absolute atomic E-state index is 7.44. The molecule has 1 aromatic carbocycles. The van der Waals surface area contributed by atoms with Gasteiger partial charge >= 0.3 is 0 Å². The number of hydrogen-bond donors (Lipinski definition) is 2. The lowest BCUT2D eigenvalue weighted by molar-refractivity contribution is 0.0876. The highest BCUT2D eigenvalue weighted by Crippen LogP contribution is 2.07. The number of nitrogens with zero attached hydrogens (tertiary/aromatic N) is 1. The summed E-state index contributed by atoms with van der Waals surface area (Å²) < 4.78 is 10.5. The van der Waals surface area contributed by atoms with Crippen molar-refractivity contribution in [3.8, 4) is 0 Å². The van der Waals surface area contributed by atoms with Crippen LogP contribution in [0.2, 0.25) is 0 Å². The van der Waals surface area contributed by atoms with E-state index in [0.717, 1.165) is 43.9 Å². The fourth-order valence-electron chi connectivity index (χ4n) is 1.86. The number of nitrogen functional groups attached to an aromatic ring is 1. The van der Waals surface area contributed by atoms with Crippen LogP contribution in [0.3, 0.4) is 0 Å². The average Bonchev–Trinajstić information content (AvgIpc) is 2.43. The van der Waals surface area contributed by atoms with Gasteiger partial charge in [-0.3, -0.25) is 10.3 Å². The predicted molar refractivity (Wildman–Crippen MR) is 81.1 cm³/mol. The van der Waals surface area contributed by atoms with Gasteiger partial charge in [0.25, 0.3) is 0 Å². The number of nitrogens with one attached hydrogen (secondary N) is 1. The fraction of sp³-hybridized carbons (Fsp3) is 0.533. The zero-order valence-electron chi connectivity index (χ0n) is 12.4. The lowest BCUT2D eigenvalue weighted by Gasteiger charge is -2.17. The maximum Gasteiger partial charge on any atom is 0.122 e. The second-order valence-electron chi connectivity index (χ2n) is 4.81. The monoisotopic (exact) mass is 279 g/mol.